The summed E-state index contributed by atoms with van der Waals surface area (Å²) in [5, 5.41) is 2.78. The van der Waals surface area contributed by atoms with Gasteiger partial charge in [-0.15, -0.1) is 0 Å². The minimum atomic E-state index is -4.75. The molecule has 11 heteroatoms. The van der Waals surface area contributed by atoms with Crippen LogP contribution in [0.4, 0.5) is 18.9 Å². The summed E-state index contributed by atoms with van der Waals surface area (Å²) >= 11 is 0. The summed E-state index contributed by atoms with van der Waals surface area (Å²) < 4.78 is 70.1. The van der Waals surface area contributed by atoms with Gasteiger partial charge in [0.1, 0.15) is 12.6 Å². The van der Waals surface area contributed by atoms with Crippen molar-refractivity contribution in [3.05, 3.63) is 131 Å². The number of halogens is 3. The molecular weight excluding hydrogens is 615 g/mol. The molecular formula is C35H36F3N3O4S. The highest BCUT2D eigenvalue weighted by atomic mass is 32.2. The molecule has 0 aliphatic rings. The molecule has 0 aliphatic carbocycles. The van der Waals surface area contributed by atoms with Crippen LogP contribution in [0, 0.1) is 13.8 Å². The van der Waals surface area contributed by atoms with Crippen LogP contribution in [0.15, 0.2) is 108 Å². The van der Waals surface area contributed by atoms with Crippen LogP contribution in [-0.4, -0.2) is 44.3 Å². The predicted molar refractivity (Wildman–Crippen MR) is 172 cm³/mol. The summed E-state index contributed by atoms with van der Waals surface area (Å²) in [6.07, 6.45) is -4.63. The van der Waals surface area contributed by atoms with E-state index < -0.39 is 46.2 Å². The number of amides is 2. The van der Waals surface area contributed by atoms with Crippen LogP contribution in [0.3, 0.4) is 0 Å². The lowest BCUT2D eigenvalue weighted by Gasteiger charge is -2.34. The van der Waals surface area contributed by atoms with Crippen LogP contribution in [0.25, 0.3) is 0 Å². The number of benzene rings is 4. The van der Waals surface area contributed by atoms with E-state index in [2.05, 4.69) is 5.32 Å². The number of nitrogens with one attached hydrogen (secondary N) is 1. The summed E-state index contributed by atoms with van der Waals surface area (Å²) in [4.78, 5) is 29.1. The molecule has 0 heterocycles. The second-order valence-electron chi connectivity index (χ2n) is 10.9. The van der Waals surface area contributed by atoms with Crippen molar-refractivity contribution < 1.29 is 31.2 Å². The van der Waals surface area contributed by atoms with Gasteiger partial charge in [-0.2, -0.15) is 13.2 Å². The maximum atomic E-state index is 14.4. The number of likely N-dealkylation sites (N-methyl/N-ethyl adjacent to an activating group) is 1. The maximum Gasteiger partial charge on any atom is 0.416 e. The van der Waals surface area contributed by atoms with E-state index in [0.717, 1.165) is 34.4 Å². The summed E-state index contributed by atoms with van der Waals surface area (Å²) in [5.41, 5.74) is 1.71. The minimum Gasteiger partial charge on any atom is -0.355 e. The van der Waals surface area contributed by atoms with Gasteiger partial charge in [-0.05, 0) is 67.8 Å². The van der Waals surface area contributed by atoms with E-state index in [-0.39, 0.29) is 30.1 Å². The van der Waals surface area contributed by atoms with E-state index in [1.165, 1.54) is 23.1 Å². The third-order valence-corrected chi connectivity index (χ3v) is 9.36. The van der Waals surface area contributed by atoms with Crippen molar-refractivity contribution in [1.82, 2.24) is 10.2 Å². The van der Waals surface area contributed by atoms with Crippen molar-refractivity contribution in [2.45, 2.75) is 50.9 Å². The quantitative estimate of drug-likeness (QED) is 0.195. The van der Waals surface area contributed by atoms with E-state index >= 15 is 0 Å². The minimum absolute atomic E-state index is 0.0405. The molecule has 0 aromatic heterocycles. The van der Waals surface area contributed by atoms with E-state index in [0.29, 0.717) is 10.4 Å². The Morgan fingerprint density at radius 3 is 2.13 bits per heavy atom. The summed E-state index contributed by atoms with van der Waals surface area (Å²) in [6.45, 7) is 4.76. The molecule has 242 valence electrons. The van der Waals surface area contributed by atoms with Crippen LogP contribution in [0.2, 0.25) is 0 Å². The summed E-state index contributed by atoms with van der Waals surface area (Å²) in [6, 6.07) is 25.0. The number of hydrogen-bond acceptors (Lipinski definition) is 4. The molecule has 1 N–H and O–H groups in total. The molecule has 0 spiro atoms. The van der Waals surface area contributed by atoms with Gasteiger partial charge < -0.3 is 10.2 Å². The number of alkyl halides is 3. The Labute approximate surface area is 267 Å². The molecule has 2 amide bonds. The molecule has 0 saturated heterocycles. The number of rotatable bonds is 12. The van der Waals surface area contributed by atoms with Gasteiger partial charge in [-0.1, -0.05) is 78.4 Å². The first kappa shape index (κ1) is 34.2. The lowest BCUT2D eigenvalue weighted by molar-refractivity contribution is -0.140. The molecule has 0 saturated carbocycles. The Balaban J connectivity index is 1.84. The van der Waals surface area contributed by atoms with Crippen molar-refractivity contribution in [2.24, 2.45) is 0 Å². The maximum absolute atomic E-state index is 14.4. The predicted octanol–water partition coefficient (Wildman–Crippen LogP) is 6.29. The van der Waals surface area contributed by atoms with Crippen molar-refractivity contribution in [3.8, 4) is 0 Å². The molecule has 1 atom stereocenters. The van der Waals surface area contributed by atoms with Gasteiger partial charge in [0.25, 0.3) is 10.0 Å². The largest absolute Gasteiger partial charge is 0.416 e. The lowest BCUT2D eigenvalue weighted by Crippen LogP contribution is -2.53. The Kier molecular flexibility index (Phi) is 10.9. The fraction of sp³-hybridized carbons (Fsp3) is 0.257. The molecule has 0 fully saturated rings. The van der Waals surface area contributed by atoms with E-state index in [1.807, 2.05) is 37.3 Å². The van der Waals surface area contributed by atoms with Gasteiger partial charge in [0.05, 0.1) is 16.1 Å². The standard InChI is InChI=1S/C35H36F3N3O4S/c1-4-39-34(43)32(21-27-12-6-5-7-13-27)40(23-28-14-9-8-11-26(28)3)33(42)24-41(30-16-10-15-29(22-30)35(36,37)38)46(44,45)31-19-17-25(2)18-20-31/h5-20,22,32H,4,21,23-24H2,1-3H3,(H,39,43)/t32-/m0/s1. The highest BCUT2D eigenvalue weighted by Crippen LogP contribution is 2.33. The number of aryl methyl sites for hydroxylation is 2. The average Bonchev–Trinajstić information content (AvgIpc) is 3.02. The van der Waals surface area contributed by atoms with Crippen molar-refractivity contribution in [1.29, 1.82) is 0 Å². The monoisotopic (exact) mass is 651 g/mol. The Morgan fingerprint density at radius 2 is 1.50 bits per heavy atom. The van der Waals surface area contributed by atoms with Gasteiger partial charge in [0, 0.05) is 19.5 Å². The van der Waals surface area contributed by atoms with Gasteiger partial charge in [-0.25, -0.2) is 8.42 Å². The topological polar surface area (TPSA) is 86.8 Å². The van der Waals surface area contributed by atoms with Crippen LogP contribution in [0.1, 0.15) is 34.7 Å². The van der Waals surface area contributed by atoms with Crippen LogP contribution < -0.4 is 9.62 Å². The fourth-order valence-corrected chi connectivity index (χ4v) is 6.43. The zero-order chi connectivity index (χ0) is 33.5. The summed E-state index contributed by atoms with van der Waals surface area (Å²) in [5.74, 6) is -1.20. The van der Waals surface area contributed by atoms with E-state index in [9.17, 15) is 31.2 Å². The summed E-state index contributed by atoms with van der Waals surface area (Å²) in [7, 11) is -4.54. The highest BCUT2D eigenvalue weighted by molar-refractivity contribution is 7.92. The Hall–Kier alpha value is -4.64. The van der Waals surface area contributed by atoms with Crippen molar-refractivity contribution in [3.63, 3.8) is 0 Å². The third kappa shape index (κ3) is 8.33. The number of carbonyl (C=O) groups excluding carboxylic acids is 2. The normalized spacial score (nSPS) is 12.3. The lowest BCUT2D eigenvalue weighted by atomic mass is 10.0. The van der Waals surface area contributed by atoms with E-state index in [1.54, 1.807) is 50.2 Å². The second-order valence-corrected chi connectivity index (χ2v) is 12.8. The van der Waals surface area contributed by atoms with Gasteiger partial charge in [-0.3, -0.25) is 13.9 Å². The van der Waals surface area contributed by atoms with Crippen molar-refractivity contribution >= 4 is 27.5 Å². The van der Waals surface area contributed by atoms with Crippen LogP contribution >= 0.6 is 0 Å². The molecule has 0 aliphatic heterocycles. The fourth-order valence-electron chi connectivity index (χ4n) is 5.02. The molecule has 46 heavy (non-hydrogen) atoms. The SMILES string of the molecule is CCNC(=O)[C@H](Cc1ccccc1)N(Cc1ccccc1C)C(=O)CN(c1cccc(C(F)(F)F)c1)S(=O)(=O)c1ccc(C)cc1. The third-order valence-electron chi connectivity index (χ3n) is 7.57. The number of anilines is 1. The molecule has 4 aromatic rings. The first-order valence-corrected chi connectivity index (χ1v) is 16.2. The van der Waals surface area contributed by atoms with E-state index in [4.69, 9.17) is 0 Å². The smallest absolute Gasteiger partial charge is 0.355 e. The first-order valence-electron chi connectivity index (χ1n) is 14.7. The molecule has 4 rings (SSSR count). The van der Waals surface area contributed by atoms with Gasteiger partial charge in [0.15, 0.2) is 0 Å². The highest BCUT2D eigenvalue weighted by Gasteiger charge is 2.36. The zero-order valence-electron chi connectivity index (χ0n) is 25.8. The van der Waals surface area contributed by atoms with Crippen molar-refractivity contribution in [2.75, 3.05) is 17.4 Å². The second kappa shape index (κ2) is 14.6. The molecule has 0 unspecified atom stereocenters. The van der Waals surface area contributed by atoms with Crippen LogP contribution in [0.5, 0.6) is 0 Å². The Bertz CT molecular complexity index is 1760. The first-order chi connectivity index (χ1) is 21.8. The number of carbonyl (C=O) groups is 2. The zero-order valence-corrected chi connectivity index (χ0v) is 26.6. The molecule has 0 radical (unpaired) electrons. The van der Waals surface area contributed by atoms with Crippen LogP contribution in [-0.2, 0) is 38.8 Å². The molecule has 7 nitrogen and oxygen atoms in total. The van der Waals surface area contributed by atoms with Gasteiger partial charge >= 0.3 is 6.18 Å². The molecule has 0 bridgehead atoms. The number of sulfonamides is 1. The van der Waals surface area contributed by atoms with Gasteiger partial charge in [0.2, 0.25) is 11.8 Å². The number of hydrogen-bond donors (Lipinski definition) is 1. The Morgan fingerprint density at radius 1 is 0.848 bits per heavy atom. The average molecular weight is 652 g/mol. The number of nitrogens with zero attached hydrogens (tertiary/aromatic N) is 2. The molecule has 4 aromatic carbocycles.